The van der Waals surface area contributed by atoms with Crippen molar-refractivity contribution in [2.24, 2.45) is 29.6 Å². The van der Waals surface area contributed by atoms with Gasteiger partial charge in [-0.15, -0.1) is 0 Å². The lowest BCUT2D eigenvalue weighted by Gasteiger charge is -2.54. The highest BCUT2D eigenvalue weighted by molar-refractivity contribution is 6.32. The fraction of sp³-hybridized carbons (Fsp3) is 0.541. The molecule has 5 aliphatic rings. The van der Waals surface area contributed by atoms with Crippen LogP contribution in [0.4, 0.5) is 28.8 Å². The van der Waals surface area contributed by atoms with Crippen molar-refractivity contribution in [2.75, 3.05) is 61.9 Å². The number of hydrogen-bond donors (Lipinski definition) is 3. The lowest BCUT2D eigenvalue weighted by atomic mass is 9.51. The summed E-state index contributed by atoms with van der Waals surface area (Å²) >= 11 is 6.35. The Bertz CT molecular complexity index is 1650. The number of ether oxygens (including phenoxy) is 1. The minimum atomic E-state index is -0.421. The summed E-state index contributed by atoms with van der Waals surface area (Å²) in [4.78, 5) is 37.2. The topological polar surface area (TPSA) is 138 Å². The van der Waals surface area contributed by atoms with Crippen LogP contribution in [0, 0.1) is 39.7 Å². The number of nitrogens with one attached hydrogen (secondary N) is 3. The van der Waals surface area contributed by atoms with Crippen LogP contribution in [0.2, 0.25) is 5.02 Å². The summed E-state index contributed by atoms with van der Waals surface area (Å²) in [5.74, 6) is 5.80. The fourth-order valence-electron chi connectivity index (χ4n) is 9.04. The molecule has 3 N–H and O–H groups in total. The maximum absolute atomic E-state index is 12.8. The number of nitro benzene ring substituents is 1. The van der Waals surface area contributed by atoms with Crippen molar-refractivity contribution in [1.29, 1.82) is 0 Å². The maximum atomic E-state index is 12.8. The average molecular weight is 703 g/mol. The van der Waals surface area contributed by atoms with Crippen LogP contribution < -0.4 is 25.6 Å². The van der Waals surface area contributed by atoms with Gasteiger partial charge < -0.3 is 25.6 Å². The largest absolute Gasteiger partial charge is 0.494 e. The van der Waals surface area contributed by atoms with E-state index in [4.69, 9.17) is 16.3 Å². The maximum Gasteiger partial charge on any atom is 0.269 e. The fourth-order valence-corrected chi connectivity index (χ4v) is 9.19. The Kier molecular flexibility index (Phi) is 10.6. The molecule has 266 valence electrons. The van der Waals surface area contributed by atoms with Crippen LogP contribution in [0.15, 0.2) is 48.7 Å². The number of amides is 1. The molecule has 4 bridgehead atoms. The molecule has 2 heterocycles. The van der Waals surface area contributed by atoms with Crippen LogP contribution in [-0.4, -0.2) is 72.1 Å². The average Bonchev–Trinajstić information content (AvgIpc) is 3.12. The Morgan fingerprint density at radius 3 is 2.52 bits per heavy atom. The molecule has 5 fully saturated rings. The molecule has 0 unspecified atom stereocenters. The van der Waals surface area contributed by atoms with Crippen LogP contribution >= 0.6 is 11.6 Å². The molecule has 4 saturated carbocycles. The molecule has 50 heavy (non-hydrogen) atoms. The number of methoxy groups -OCH3 is 1. The molecular formula is C37H47ClN8O4. The van der Waals surface area contributed by atoms with E-state index < -0.39 is 4.92 Å². The van der Waals surface area contributed by atoms with Crippen molar-refractivity contribution in [1.82, 2.24) is 20.2 Å². The van der Waals surface area contributed by atoms with Gasteiger partial charge in [-0.05, 0) is 92.4 Å². The first-order valence-corrected chi connectivity index (χ1v) is 18.4. The molecule has 0 radical (unpaired) electrons. The van der Waals surface area contributed by atoms with E-state index in [9.17, 15) is 14.9 Å². The lowest BCUT2D eigenvalue weighted by Crippen LogP contribution is -2.47. The zero-order chi connectivity index (χ0) is 34.6. The Balaban J connectivity index is 0.854. The molecule has 4 aliphatic carbocycles. The number of non-ortho nitro benzene ring substituents is 1. The van der Waals surface area contributed by atoms with Crippen LogP contribution in [0.3, 0.4) is 0 Å². The zero-order valence-electron chi connectivity index (χ0n) is 28.7. The molecule has 0 spiro atoms. The minimum absolute atomic E-state index is 0.0247. The Hall–Kier alpha value is -4.16. The van der Waals surface area contributed by atoms with Gasteiger partial charge in [0.2, 0.25) is 11.9 Å². The molecular weight excluding hydrogens is 656 g/mol. The second-order valence-electron chi connectivity index (χ2n) is 14.5. The van der Waals surface area contributed by atoms with Gasteiger partial charge >= 0.3 is 0 Å². The molecule has 1 aliphatic heterocycles. The molecule has 1 saturated heterocycles. The van der Waals surface area contributed by atoms with Gasteiger partial charge in [0.05, 0.1) is 23.9 Å². The second kappa shape index (κ2) is 15.4. The van der Waals surface area contributed by atoms with Crippen LogP contribution in [-0.2, 0) is 11.3 Å². The van der Waals surface area contributed by atoms with Gasteiger partial charge in [0.1, 0.15) is 10.8 Å². The zero-order valence-corrected chi connectivity index (χ0v) is 29.4. The third kappa shape index (κ3) is 8.07. The smallest absolute Gasteiger partial charge is 0.269 e. The van der Waals surface area contributed by atoms with Crippen molar-refractivity contribution in [3.63, 3.8) is 0 Å². The summed E-state index contributed by atoms with van der Waals surface area (Å²) in [6.45, 7) is 5.81. The Morgan fingerprint density at radius 2 is 1.80 bits per heavy atom. The Morgan fingerprint density at radius 1 is 1.04 bits per heavy atom. The monoisotopic (exact) mass is 702 g/mol. The number of anilines is 4. The van der Waals surface area contributed by atoms with E-state index in [1.54, 1.807) is 19.2 Å². The number of piperazine rings is 1. The van der Waals surface area contributed by atoms with Crippen molar-refractivity contribution in [3.8, 4) is 5.75 Å². The standard InChI is InChI=1S/C37H47ClN8O4/c1-50-34-20-29(6-7-33(34)42-37-41-23-32(38)36(43-37)40-22-24-4-2-5-30(19-24)46(48)49)45-12-10-44(11-13-45)9-3-8-39-35(47)21-31-27-15-25-14-26(17-27)18-28(31)16-25/h2,4-7,19-20,23,25-28,31H,3,8-18,21-22H2,1H3,(H,39,47)(H2,40,41,42,43)/t25-,26-,27-,28+,31?. The highest BCUT2D eigenvalue weighted by Gasteiger charge is 2.48. The van der Waals surface area contributed by atoms with E-state index >= 15 is 0 Å². The number of rotatable bonds is 14. The summed E-state index contributed by atoms with van der Waals surface area (Å²) in [5.41, 5.74) is 2.55. The highest BCUT2D eigenvalue weighted by Crippen LogP contribution is 2.57. The number of benzene rings is 2. The van der Waals surface area contributed by atoms with E-state index in [1.807, 2.05) is 12.1 Å². The van der Waals surface area contributed by atoms with Crippen LogP contribution in [0.1, 0.15) is 50.5 Å². The van der Waals surface area contributed by atoms with Crippen LogP contribution in [0.25, 0.3) is 0 Å². The van der Waals surface area contributed by atoms with Crippen LogP contribution in [0.5, 0.6) is 5.75 Å². The van der Waals surface area contributed by atoms with E-state index in [0.717, 1.165) is 87.0 Å². The quantitative estimate of drug-likeness (QED) is 0.0971. The van der Waals surface area contributed by atoms with Gasteiger partial charge in [0.15, 0.2) is 5.82 Å². The molecule has 2 aromatic carbocycles. The summed E-state index contributed by atoms with van der Waals surface area (Å²) in [6, 6.07) is 12.5. The molecule has 8 rings (SSSR count). The highest BCUT2D eigenvalue weighted by atomic mass is 35.5. The number of hydrogen-bond acceptors (Lipinski definition) is 10. The van der Waals surface area contributed by atoms with E-state index in [2.05, 4.69) is 41.8 Å². The summed E-state index contributed by atoms with van der Waals surface area (Å²) in [5, 5.41) is 21.1. The number of halogens is 1. The number of nitrogens with zero attached hydrogens (tertiary/aromatic N) is 5. The summed E-state index contributed by atoms with van der Waals surface area (Å²) < 4.78 is 5.73. The van der Waals surface area contributed by atoms with Gasteiger partial charge in [0.25, 0.3) is 5.69 Å². The number of aromatic nitrogens is 2. The molecule has 3 aromatic rings. The van der Waals surface area contributed by atoms with Gasteiger partial charge in [-0.2, -0.15) is 4.98 Å². The van der Waals surface area contributed by atoms with Crippen molar-refractivity contribution in [2.45, 2.75) is 51.5 Å². The van der Waals surface area contributed by atoms with E-state index in [1.165, 1.54) is 50.4 Å². The van der Waals surface area contributed by atoms with Crippen molar-refractivity contribution >= 4 is 46.3 Å². The van der Waals surface area contributed by atoms with Gasteiger partial charge in [-0.3, -0.25) is 19.8 Å². The van der Waals surface area contributed by atoms with Gasteiger partial charge in [0, 0.05) is 69.6 Å². The van der Waals surface area contributed by atoms with E-state index in [-0.39, 0.29) is 11.6 Å². The van der Waals surface area contributed by atoms with E-state index in [0.29, 0.717) is 40.7 Å². The second-order valence-corrected chi connectivity index (χ2v) is 14.9. The van der Waals surface area contributed by atoms with Crippen molar-refractivity contribution in [3.05, 3.63) is 69.4 Å². The molecule has 1 amide bonds. The lowest BCUT2D eigenvalue weighted by molar-refractivity contribution is -0.384. The summed E-state index contributed by atoms with van der Waals surface area (Å²) in [6.07, 6.45) is 10.2. The summed E-state index contributed by atoms with van der Waals surface area (Å²) in [7, 11) is 1.64. The van der Waals surface area contributed by atoms with Gasteiger partial charge in [-0.1, -0.05) is 23.7 Å². The predicted molar refractivity (Wildman–Crippen MR) is 195 cm³/mol. The molecule has 13 heteroatoms. The first kappa shape index (κ1) is 34.3. The third-order valence-corrected chi connectivity index (χ3v) is 11.6. The SMILES string of the molecule is COc1cc(N2CCN(CCCNC(=O)CC3[C@H]4C[C@H]5C[C@H](C4)C[C@H]3C5)CC2)ccc1Nc1ncc(Cl)c(NCc2cccc([N+](=O)[O-])c2)n1. The Labute approximate surface area is 298 Å². The number of nitro groups is 1. The molecule has 0 atom stereocenters. The molecule has 1 aromatic heterocycles. The normalized spacial score (nSPS) is 24.2. The van der Waals surface area contributed by atoms with Crippen molar-refractivity contribution < 1.29 is 14.5 Å². The molecule has 12 nitrogen and oxygen atoms in total. The minimum Gasteiger partial charge on any atom is -0.494 e. The first-order valence-electron chi connectivity index (χ1n) is 18.0. The number of carbonyl (C=O) groups is 1. The third-order valence-electron chi connectivity index (χ3n) is 11.3. The van der Waals surface area contributed by atoms with Gasteiger partial charge in [-0.25, -0.2) is 4.98 Å². The predicted octanol–water partition coefficient (Wildman–Crippen LogP) is 6.49. The first-order chi connectivity index (χ1) is 24.3. The number of carbonyl (C=O) groups excluding carboxylic acids is 1.